The van der Waals surface area contributed by atoms with Gasteiger partial charge in [-0.15, -0.1) is 0 Å². The van der Waals surface area contributed by atoms with E-state index in [-0.39, 0.29) is 128 Å². The van der Waals surface area contributed by atoms with Gasteiger partial charge in [-0.1, -0.05) is 59.7 Å². The molecule has 0 radical (unpaired) electrons. The molecule has 5 N–H and O–H groups in total. The lowest BCUT2D eigenvalue weighted by molar-refractivity contribution is -0.157. The first kappa shape index (κ1) is 88.3. The van der Waals surface area contributed by atoms with Crippen LogP contribution in [-0.2, 0) is 66.2 Å². The maximum absolute atomic E-state index is 15.5. The Bertz CT molecular complexity index is 7500. The topological polar surface area (TPSA) is 362 Å². The van der Waals surface area contributed by atoms with Crippen molar-refractivity contribution in [2.45, 2.75) is 92.7 Å². The van der Waals surface area contributed by atoms with Crippen molar-refractivity contribution in [3.63, 3.8) is 0 Å². The van der Waals surface area contributed by atoms with Crippen LogP contribution in [0.15, 0.2) is 171 Å². The Morgan fingerprint density at radius 2 is 1.32 bits per heavy atom. The number of halogens is 6. The second-order valence-corrected chi connectivity index (χ2v) is 33.5. The zero-order valence-corrected chi connectivity index (χ0v) is 72.6. The van der Waals surface area contributed by atoms with Gasteiger partial charge in [0.25, 0.3) is 11.1 Å². The number of hydrogen-bond acceptors (Lipinski definition) is 23. The number of Topliss-reactive ketones (excluding diaryl/α,β-unsaturated/α-hetero) is 2. The SMILES string of the molecule is CC(C)(C)C(=O)OCn1cccc(-c2c(C(=O)O)n(Cc3cc4c(=O)[nH]cnc4cc3F)c3cc(F)c4ccoc4c23)c1=O.CCOC(=O)c1c(C2=CC=CCC2=O)c2c3occc3c(F)cc2n1Cc1cc2ccc(OC(=O)[C@@H](C)NC)cc2nc1Cl.CN(C)CCCOC(=O)c1c(C2=CC=CCC2=O)c2c3c(c(F)cc2n1Cc1cc2c(N)nsc2cc1Cl)CCO3. The molecule has 6 aromatic carbocycles. The van der Waals surface area contributed by atoms with E-state index in [1.54, 1.807) is 118 Å². The van der Waals surface area contributed by atoms with Crippen molar-refractivity contribution < 1.29 is 88.7 Å². The second-order valence-electron chi connectivity index (χ2n) is 31.9. The van der Waals surface area contributed by atoms with Gasteiger partial charge in [-0.05, 0) is 158 Å². The number of nitrogens with two attached hydrogens (primary N) is 1. The molecule has 28 nitrogen and oxygen atoms in total. The van der Waals surface area contributed by atoms with Gasteiger partial charge in [0.05, 0.1) is 127 Å². The van der Waals surface area contributed by atoms with Crippen molar-refractivity contribution in [3.05, 3.63) is 257 Å². The number of rotatable bonds is 22. The number of fused-ring (bicyclic) bond motifs is 12. The lowest BCUT2D eigenvalue weighted by atomic mass is 9.92. The van der Waals surface area contributed by atoms with Crippen LogP contribution in [-0.4, -0.2) is 143 Å². The quantitative estimate of drug-likeness (QED) is 0.0122. The molecule has 1 atom stereocenters. The smallest absolute Gasteiger partial charge is 0.355 e. The van der Waals surface area contributed by atoms with E-state index in [2.05, 4.69) is 24.6 Å². The number of aromatic amines is 1. The minimum absolute atomic E-state index is 0.00547. The van der Waals surface area contributed by atoms with E-state index in [0.717, 1.165) is 44.2 Å². The summed E-state index contributed by atoms with van der Waals surface area (Å²) in [6.45, 7) is 8.81. The molecule has 15 aromatic rings. The van der Waals surface area contributed by atoms with Crippen LogP contribution in [0, 0.1) is 28.7 Å². The van der Waals surface area contributed by atoms with E-state index in [0.29, 0.717) is 113 Å². The van der Waals surface area contributed by atoms with Crippen LogP contribution in [0.4, 0.5) is 23.4 Å². The average Bonchev–Trinajstić information content (AvgIpc) is 1.57. The van der Waals surface area contributed by atoms with Crippen molar-refractivity contribution in [1.82, 2.24) is 47.8 Å². The number of allylic oxidation sites excluding steroid dienone is 8. The van der Waals surface area contributed by atoms with E-state index in [4.69, 9.17) is 61.5 Å². The largest absolute Gasteiger partial charge is 0.492 e. The van der Waals surface area contributed by atoms with E-state index in [1.165, 1.54) is 72.7 Å². The molecular weight excluding hydrogens is 1730 g/mol. The number of nitrogens with one attached hydrogen (secondary N) is 2. The summed E-state index contributed by atoms with van der Waals surface area (Å²) in [7, 11) is 5.54. The number of H-pyrrole nitrogens is 1. The highest BCUT2D eigenvalue weighted by Gasteiger charge is 2.38. The third-order valence-electron chi connectivity index (χ3n) is 22.3. The summed E-state index contributed by atoms with van der Waals surface area (Å²) < 4.78 is 111. The zero-order valence-electron chi connectivity index (χ0n) is 70.3. The Kier molecular flexibility index (Phi) is 24.6. The van der Waals surface area contributed by atoms with Gasteiger partial charge >= 0.3 is 29.8 Å². The first-order valence-corrected chi connectivity index (χ1v) is 42.2. The summed E-state index contributed by atoms with van der Waals surface area (Å²) in [4.78, 5) is 131. The maximum atomic E-state index is 15.5. The molecule has 129 heavy (non-hydrogen) atoms. The third kappa shape index (κ3) is 16.8. The Hall–Kier alpha value is -14.1. The molecule has 0 unspecified atom stereocenters. The van der Waals surface area contributed by atoms with Crippen LogP contribution in [0.2, 0.25) is 10.2 Å². The highest BCUT2D eigenvalue weighted by atomic mass is 35.5. The highest BCUT2D eigenvalue weighted by Crippen LogP contribution is 2.48. The zero-order chi connectivity index (χ0) is 91.5. The van der Waals surface area contributed by atoms with Gasteiger partial charge in [0.15, 0.2) is 18.3 Å². The summed E-state index contributed by atoms with van der Waals surface area (Å²) in [6, 6.07) is 21.7. The van der Waals surface area contributed by atoms with Crippen LogP contribution in [0.1, 0.15) is 119 Å². The number of carboxylic acids is 1. The van der Waals surface area contributed by atoms with E-state index in [1.807, 2.05) is 25.1 Å². The number of aromatic nitrogens is 8. The van der Waals surface area contributed by atoms with Gasteiger partial charge in [-0.25, -0.2) is 46.7 Å². The van der Waals surface area contributed by atoms with Crippen molar-refractivity contribution >= 4 is 180 Å². The van der Waals surface area contributed by atoms with Crippen LogP contribution in [0.5, 0.6) is 11.5 Å². The van der Waals surface area contributed by atoms with Crippen LogP contribution < -0.4 is 31.6 Å². The average molecular weight is 1810 g/mol. The van der Waals surface area contributed by atoms with Gasteiger partial charge in [0.1, 0.15) is 80.0 Å². The van der Waals surface area contributed by atoms with Crippen molar-refractivity contribution in [2.24, 2.45) is 5.41 Å². The number of esters is 4. The molecule has 35 heteroatoms. The summed E-state index contributed by atoms with van der Waals surface area (Å²) in [5.74, 6) is -5.61. The molecule has 18 rings (SSSR count). The first-order chi connectivity index (χ1) is 61.8. The van der Waals surface area contributed by atoms with Crippen molar-refractivity contribution in [1.29, 1.82) is 0 Å². The normalized spacial score (nSPS) is 13.5. The van der Waals surface area contributed by atoms with Crippen molar-refractivity contribution in [3.8, 4) is 22.6 Å². The van der Waals surface area contributed by atoms with Crippen LogP contribution in [0.3, 0.4) is 0 Å². The molecule has 0 fully saturated rings. The highest BCUT2D eigenvalue weighted by molar-refractivity contribution is 7.13. The van der Waals surface area contributed by atoms with Crippen molar-refractivity contribution in [2.75, 3.05) is 53.2 Å². The number of likely N-dealkylation sites (N-methyl/N-ethyl adjacent to an activating group) is 1. The summed E-state index contributed by atoms with van der Waals surface area (Å²) in [5.41, 5.74) is 7.94. The number of aromatic carboxylic acids is 1. The van der Waals surface area contributed by atoms with Gasteiger partial charge in [-0.3, -0.25) is 28.5 Å². The molecule has 9 aromatic heterocycles. The Morgan fingerprint density at radius 1 is 0.705 bits per heavy atom. The Morgan fingerprint density at radius 3 is 1.95 bits per heavy atom. The fraction of sp³-hybridized carbons (Fsp3) is 0.234. The number of carbonyl (C=O) groups is 7. The van der Waals surface area contributed by atoms with Gasteiger partial charge in [0, 0.05) is 111 Å². The number of benzene rings is 6. The molecule has 1 aliphatic heterocycles. The molecule has 2 aliphatic carbocycles. The number of hydrogen-bond donors (Lipinski definition) is 4. The Balaban J connectivity index is 0.000000142. The second kappa shape index (κ2) is 36.0. The number of pyridine rings is 2. The standard InChI is InChI=1S/C33H27ClFN3O6.C31H24F2N4O7.C30H28ClFN4O4S/c1-4-42-33(41)29-27(22-7-5-6-8-26(22)39)28-25(15-23(35)21-11-12-43-30(21)28)38(29)16-19-13-18-9-10-20(14-24(18)37-31(19)34)44-32(40)17(2)36-3;1-31(2,3)30(42)44-14-36-7-4-5-17(28(36)39)23-24-22(11-20(33)16-6-8-43-26(16)24)37(25(23)29(40)41)12-15-9-18-21(10-19(15)32)34-13-35-27(18)38;1-35(2)9-5-10-40-30(38)27-25(18-6-3-4-7-23(18)37)26-22(14-21(32)17-8-11-39-28(17)26)36(27)15-16-12-19-24(13-20(16)31)41-34-29(19)33/h5-7,9-15,17,36H,4,8,16H2,1-3H3;4-11,13H,12,14H2,1-3H3,(H,40,41)(H,34,35,38);3-4,6,12-14H,5,7-11,15H2,1-2H3,(H2,33,34)/t17-;;/m1../s1. The molecular formula is C94H79Cl2F4N11O17S. The lowest BCUT2D eigenvalue weighted by Gasteiger charge is -2.17. The fourth-order valence-electron chi connectivity index (χ4n) is 16.0. The number of nitrogens with zero attached hydrogens (tertiary/aromatic N) is 8. The summed E-state index contributed by atoms with van der Waals surface area (Å²) in [6.07, 6.45) is 16.8. The minimum atomic E-state index is -1.49. The Labute approximate surface area is 743 Å². The number of ketones is 2. The molecule has 0 spiro atoms. The number of carboxylic acid groups (broad SMARTS) is 1. The summed E-state index contributed by atoms with van der Waals surface area (Å²) >= 11 is 14.6. The van der Waals surface area contributed by atoms with E-state index in [9.17, 15) is 48.3 Å². The van der Waals surface area contributed by atoms with E-state index >= 15 is 17.6 Å². The van der Waals surface area contributed by atoms with Gasteiger partial charge < -0.3 is 72.3 Å². The number of anilines is 1. The van der Waals surface area contributed by atoms with Gasteiger partial charge in [-0.2, -0.15) is 4.37 Å². The fourth-order valence-corrected chi connectivity index (χ4v) is 17.2. The molecule has 3 aliphatic rings. The predicted molar refractivity (Wildman–Crippen MR) is 479 cm³/mol. The number of furan rings is 2. The monoisotopic (exact) mass is 1810 g/mol. The minimum Gasteiger partial charge on any atom is -0.492 e. The number of nitrogen functional groups attached to an aromatic ring is 1. The molecule has 0 saturated heterocycles. The lowest BCUT2D eigenvalue weighted by Crippen LogP contribution is -2.34. The van der Waals surface area contributed by atoms with Crippen LogP contribution >= 0.6 is 34.7 Å². The molecule has 660 valence electrons. The molecule has 10 heterocycles. The maximum Gasteiger partial charge on any atom is 0.355 e. The molecule has 0 saturated carbocycles. The van der Waals surface area contributed by atoms with Gasteiger partial charge in [0.2, 0.25) is 0 Å². The molecule has 0 bridgehead atoms. The number of carbonyl (C=O) groups excluding carboxylic acids is 6. The van der Waals surface area contributed by atoms with E-state index < -0.39 is 94.7 Å². The third-order valence-corrected chi connectivity index (χ3v) is 23.8. The van der Waals surface area contributed by atoms with Crippen LogP contribution in [0.25, 0.3) is 109 Å². The first-order valence-electron chi connectivity index (χ1n) is 40.6. The molecule has 0 amide bonds. The summed E-state index contributed by atoms with van der Waals surface area (Å²) in [5, 5.41) is 16.7. The predicted octanol–water partition coefficient (Wildman–Crippen LogP) is 17.0. The number of ether oxygens (including phenoxy) is 5.